The average molecular weight is 372 g/mol. The largest absolute Gasteiger partial charge is 0.447 e. The number of rotatable bonds is 4. The molecule has 0 bridgehead atoms. The summed E-state index contributed by atoms with van der Waals surface area (Å²) in [7, 11) is 0. The number of carbonyl (C=O) groups is 1. The molecule has 0 saturated carbocycles. The van der Waals surface area contributed by atoms with E-state index in [4.69, 9.17) is 4.74 Å². The van der Waals surface area contributed by atoms with Crippen molar-refractivity contribution in [3.05, 3.63) is 40.1 Å². The summed E-state index contributed by atoms with van der Waals surface area (Å²) in [5.74, 6) is 0. The lowest BCUT2D eigenvalue weighted by Gasteiger charge is -2.32. The van der Waals surface area contributed by atoms with Crippen LogP contribution in [0.25, 0.3) is 10.9 Å². The van der Waals surface area contributed by atoms with Crippen molar-refractivity contribution in [2.45, 2.75) is 45.8 Å². The van der Waals surface area contributed by atoms with E-state index in [0.29, 0.717) is 18.6 Å². The van der Waals surface area contributed by atoms with Crippen molar-refractivity contribution >= 4 is 28.4 Å². The highest BCUT2D eigenvalue weighted by Crippen LogP contribution is 2.31. The fourth-order valence-electron chi connectivity index (χ4n) is 3.33. The number of nitrogens with one attached hydrogen (secondary N) is 1. The lowest BCUT2D eigenvalue weighted by atomic mass is 10.0. The summed E-state index contributed by atoms with van der Waals surface area (Å²) in [5, 5.41) is 15.5. The van der Waals surface area contributed by atoms with Crippen molar-refractivity contribution in [3.63, 3.8) is 0 Å². The van der Waals surface area contributed by atoms with Crippen molar-refractivity contribution in [3.8, 4) is 0 Å². The van der Waals surface area contributed by atoms with Gasteiger partial charge in [-0.15, -0.1) is 0 Å². The average Bonchev–Trinajstić information content (AvgIpc) is 2.61. The highest BCUT2D eigenvalue weighted by Gasteiger charge is 2.25. The lowest BCUT2D eigenvalue weighted by molar-refractivity contribution is -0.383. The molecule has 0 unspecified atom stereocenters. The lowest BCUT2D eigenvalue weighted by Crippen LogP contribution is -2.43. The number of para-hydroxylation sites is 1. The first-order chi connectivity index (χ1) is 12.8. The maximum Gasteiger partial charge on any atom is 0.410 e. The summed E-state index contributed by atoms with van der Waals surface area (Å²) < 4.78 is 5.25. The van der Waals surface area contributed by atoms with Crippen LogP contribution in [0.2, 0.25) is 0 Å². The van der Waals surface area contributed by atoms with Gasteiger partial charge in [0.25, 0.3) is 5.69 Å². The van der Waals surface area contributed by atoms with E-state index < -0.39 is 4.92 Å². The molecule has 0 aliphatic carbocycles. The van der Waals surface area contributed by atoms with Gasteiger partial charge in [0.05, 0.1) is 11.0 Å². The number of piperidine rings is 1. The molecule has 2 heterocycles. The third-order valence-corrected chi connectivity index (χ3v) is 4.59. The van der Waals surface area contributed by atoms with Crippen LogP contribution in [0.1, 0.15) is 32.4 Å². The number of hydrogen-bond donors (Lipinski definition) is 1. The fraction of sp³-hybridized carbons (Fsp3) is 0.474. The molecule has 1 aliphatic rings. The van der Waals surface area contributed by atoms with Crippen LogP contribution >= 0.6 is 0 Å². The number of nitrogens with zero attached hydrogens (tertiary/aromatic N) is 3. The van der Waals surface area contributed by atoms with Crippen molar-refractivity contribution in [1.29, 1.82) is 0 Å². The van der Waals surface area contributed by atoms with Crippen LogP contribution in [0.3, 0.4) is 0 Å². The third-order valence-electron chi connectivity index (χ3n) is 4.59. The number of likely N-dealkylation sites (tertiary alicyclic amines) is 1. The number of non-ortho nitro benzene ring substituents is 1. The van der Waals surface area contributed by atoms with Crippen molar-refractivity contribution in [1.82, 2.24) is 9.88 Å². The predicted octanol–water partition coefficient (Wildman–Crippen LogP) is 3.87. The minimum atomic E-state index is -0.405. The zero-order valence-corrected chi connectivity index (χ0v) is 15.8. The predicted molar refractivity (Wildman–Crippen MR) is 103 cm³/mol. The van der Waals surface area contributed by atoms with E-state index >= 15 is 0 Å². The Hall–Kier alpha value is -2.90. The molecule has 27 heavy (non-hydrogen) atoms. The van der Waals surface area contributed by atoms with Gasteiger partial charge < -0.3 is 15.0 Å². The molecule has 0 atom stereocenters. The number of aromatic nitrogens is 1. The quantitative estimate of drug-likeness (QED) is 0.646. The van der Waals surface area contributed by atoms with E-state index in [1.54, 1.807) is 11.0 Å². The van der Waals surface area contributed by atoms with E-state index in [2.05, 4.69) is 10.3 Å². The van der Waals surface area contributed by atoms with Crippen LogP contribution in [-0.2, 0) is 4.74 Å². The van der Waals surface area contributed by atoms with Gasteiger partial charge in [0, 0.05) is 42.0 Å². The molecular weight excluding hydrogens is 348 g/mol. The maximum absolute atomic E-state index is 12.0. The molecule has 1 N–H and O–H groups in total. The van der Waals surface area contributed by atoms with Crippen LogP contribution in [-0.4, -0.2) is 46.1 Å². The van der Waals surface area contributed by atoms with Gasteiger partial charge in [0.1, 0.15) is 0 Å². The Morgan fingerprint density at radius 1 is 1.37 bits per heavy atom. The second-order valence-electron chi connectivity index (χ2n) is 7.08. The number of benzene rings is 1. The van der Waals surface area contributed by atoms with Gasteiger partial charge in [-0.05, 0) is 39.7 Å². The van der Waals surface area contributed by atoms with Gasteiger partial charge in [-0.25, -0.2) is 9.78 Å². The molecule has 0 spiro atoms. The SMILES string of the molecule is Cc1cc(NC2CCN(C(=O)OC(C)C)CC2)c2cccc([N+](=O)[O-])c2n1. The van der Waals surface area contributed by atoms with Gasteiger partial charge in [0.15, 0.2) is 5.52 Å². The number of pyridine rings is 1. The Morgan fingerprint density at radius 2 is 2.07 bits per heavy atom. The van der Waals surface area contributed by atoms with Crippen LogP contribution in [0.4, 0.5) is 16.2 Å². The summed E-state index contributed by atoms with van der Waals surface area (Å²) in [6.07, 6.45) is 1.16. The molecule has 1 aliphatic heterocycles. The van der Waals surface area contributed by atoms with E-state index in [9.17, 15) is 14.9 Å². The third kappa shape index (κ3) is 4.27. The van der Waals surface area contributed by atoms with E-state index in [1.165, 1.54) is 6.07 Å². The first kappa shape index (κ1) is 18.9. The molecule has 1 aromatic carbocycles. The fourth-order valence-corrected chi connectivity index (χ4v) is 3.33. The minimum absolute atomic E-state index is 0.00509. The molecule has 1 aromatic heterocycles. The number of hydrogen-bond acceptors (Lipinski definition) is 6. The minimum Gasteiger partial charge on any atom is -0.447 e. The number of nitro benzene ring substituents is 1. The Labute approximate surface area is 157 Å². The summed E-state index contributed by atoms with van der Waals surface area (Å²) >= 11 is 0. The Morgan fingerprint density at radius 3 is 2.70 bits per heavy atom. The number of nitro groups is 1. The Bertz CT molecular complexity index is 860. The molecule has 8 nitrogen and oxygen atoms in total. The molecule has 3 rings (SSSR count). The highest BCUT2D eigenvalue weighted by atomic mass is 16.6. The summed E-state index contributed by atoms with van der Waals surface area (Å²) in [6, 6.07) is 7.07. The molecule has 0 radical (unpaired) electrons. The second kappa shape index (κ2) is 7.77. The van der Waals surface area contributed by atoms with Gasteiger partial charge in [-0.3, -0.25) is 10.1 Å². The number of anilines is 1. The van der Waals surface area contributed by atoms with Crippen molar-refractivity contribution in [2.24, 2.45) is 0 Å². The van der Waals surface area contributed by atoms with Gasteiger partial charge in [0.2, 0.25) is 0 Å². The normalized spacial score (nSPS) is 15.2. The first-order valence-corrected chi connectivity index (χ1v) is 9.12. The topological polar surface area (TPSA) is 97.6 Å². The first-order valence-electron chi connectivity index (χ1n) is 9.12. The van der Waals surface area contributed by atoms with Crippen LogP contribution in [0, 0.1) is 17.0 Å². The second-order valence-corrected chi connectivity index (χ2v) is 7.08. The number of ether oxygens (including phenoxy) is 1. The summed E-state index contributed by atoms with van der Waals surface area (Å²) in [4.78, 5) is 29.0. The standard InChI is InChI=1S/C19H24N4O4/c1-12(2)27-19(24)22-9-7-14(8-10-22)21-16-11-13(3)20-18-15(16)5-4-6-17(18)23(25)26/h4-6,11-12,14H,7-10H2,1-3H3,(H,20,21). The van der Waals surface area contributed by atoms with Crippen molar-refractivity contribution < 1.29 is 14.5 Å². The number of aryl methyl sites for hydroxylation is 1. The number of amides is 1. The van der Waals surface area contributed by atoms with Crippen LogP contribution in [0.5, 0.6) is 0 Å². The molecule has 1 fully saturated rings. The Balaban J connectivity index is 1.75. The van der Waals surface area contributed by atoms with Crippen LogP contribution in [0.15, 0.2) is 24.3 Å². The van der Waals surface area contributed by atoms with E-state index in [-0.39, 0.29) is 23.9 Å². The van der Waals surface area contributed by atoms with Gasteiger partial charge in [-0.2, -0.15) is 0 Å². The highest BCUT2D eigenvalue weighted by molar-refractivity contribution is 5.96. The monoisotopic (exact) mass is 372 g/mol. The smallest absolute Gasteiger partial charge is 0.410 e. The van der Waals surface area contributed by atoms with Crippen molar-refractivity contribution in [2.75, 3.05) is 18.4 Å². The molecule has 1 saturated heterocycles. The summed E-state index contributed by atoms with van der Waals surface area (Å²) in [5.41, 5.74) is 1.95. The van der Waals surface area contributed by atoms with E-state index in [1.807, 2.05) is 32.9 Å². The number of fused-ring (bicyclic) bond motifs is 1. The summed E-state index contributed by atoms with van der Waals surface area (Å²) in [6.45, 7) is 6.73. The molecule has 8 heteroatoms. The maximum atomic E-state index is 12.0. The zero-order chi connectivity index (χ0) is 19.6. The van der Waals surface area contributed by atoms with Gasteiger partial charge >= 0.3 is 6.09 Å². The molecule has 144 valence electrons. The Kier molecular flexibility index (Phi) is 5.43. The van der Waals surface area contributed by atoms with Gasteiger partial charge in [-0.1, -0.05) is 12.1 Å². The van der Waals surface area contributed by atoms with E-state index in [0.717, 1.165) is 29.6 Å². The number of carbonyl (C=O) groups excluding carboxylic acids is 1. The zero-order valence-electron chi connectivity index (χ0n) is 15.8. The molecular formula is C19H24N4O4. The van der Waals surface area contributed by atoms with Crippen LogP contribution < -0.4 is 5.32 Å². The molecule has 2 aromatic rings. The molecule has 1 amide bonds.